The summed E-state index contributed by atoms with van der Waals surface area (Å²) in [4.78, 5) is 22.3. The lowest BCUT2D eigenvalue weighted by atomic mass is 9.92. The van der Waals surface area contributed by atoms with Gasteiger partial charge in [0.2, 0.25) is 5.91 Å². The summed E-state index contributed by atoms with van der Waals surface area (Å²) in [5.74, 6) is -0.0627. The van der Waals surface area contributed by atoms with Crippen LogP contribution in [-0.2, 0) is 14.3 Å². The molecule has 0 radical (unpaired) electrons. The van der Waals surface area contributed by atoms with E-state index in [2.05, 4.69) is 10.1 Å². The van der Waals surface area contributed by atoms with Crippen molar-refractivity contribution in [2.75, 3.05) is 13.7 Å². The van der Waals surface area contributed by atoms with Gasteiger partial charge in [0, 0.05) is 19.4 Å². The van der Waals surface area contributed by atoms with E-state index in [4.69, 9.17) is 0 Å². The molecule has 0 aliphatic carbocycles. The largest absolute Gasteiger partial charge is 0.469 e. The van der Waals surface area contributed by atoms with Crippen LogP contribution in [0.3, 0.4) is 0 Å². The van der Waals surface area contributed by atoms with Crippen molar-refractivity contribution in [3.05, 3.63) is 0 Å². The van der Waals surface area contributed by atoms with Gasteiger partial charge in [-0.15, -0.1) is 0 Å². The molecule has 0 aromatic heterocycles. The van der Waals surface area contributed by atoms with Gasteiger partial charge < -0.3 is 10.1 Å². The van der Waals surface area contributed by atoms with Crippen LogP contribution in [0.2, 0.25) is 0 Å². The van der Waals surface area contributed by atoms with E-state index in [9.17, 15) is 9.59 Å². The smallest absolute Gasteiger partial charge is 0.305 e. The van der Waals surface area contributed by atoms with Crippen LogP contribution >= 0.6 is 0 Å². The van der Waals surface area contributed by atoms with E-state index < -0.39 is 0 Å². The van der Waals surface area contributed by atoms with Gasteiger partial charge in [0.15, 0.2) is 0 Å². The number of rotatable bonds is 7. The third-order valence-corrected chi connectivity index (χ3v) is 2.30. The number of methoxy groups -OCH3 is 1. The summed E-state index contributed by atoms with van der Waals surface area (Å²) in [5.41, 5.74) is 0.0367. The Kier molecular flexibility index (Phi) is 7.59. The van der Waals surface area contributed by atoms with E-state index in [1.807, 2.05) is 20.8 Å². The maximum absolute atomic E-state index is 11.5. The second kappa shape index (κ2) is 8.09. The zero-order chi connectivity index (χ0) is 13.3. The summed E-state index contributed by atoms with van der Waals surface area (Å²) in [5, 5.41) is 2.89. The molecule has 1 N–H and O–H groups in total. The molecule has 0 fully saturated rings. The molecule has 0 aliphatic rings. The summed E-state index contributed by atoms with van der Waals surface area (Å²) in [6.45, 7) is 6.82. The van der Waals surface area contributed by atoms with Crippen LogP contribution < -0.4 is 5.32 Å². The predicted molar refractivity (Wildman–Crippen MR) is 67.6 cm³/mol. The summed E-state index contributed by atoms with van der Waals surface area (Å²) >= 11 is 0. The number of esters is 1. The summed E-state index contributed by atoms with van der Waals surface area (Å²) in [6.07, 6.45) is 3.68. The fourth-order valence-electron chi connectivity index (χ4n) is 1.45. The topological polar surface area (TPSA) is 55.4 Å². The first-order valence-corrected chi connectivity index (χ1v) is 6.18. The van der Waals surface area contributed by atoms with Crippen molar-refractivity contribution in [3.63, 3.8) is 0 Å². The number of ether oxygens (including phenoxy) is 1. The Hall–Kier alpha value is -1.06. The van der Waals surface area contributed by atoms with Crippen LogP contribution in [0.4, 0.5) is 0 Å². The minimum atomic E-state index is -0.165. The van der Waals surface area contributed by atoms with Gasteiger partial charge in [-0.1, -0.05) is 27.2 Å². The number of hydrogen-bond acceptors (Lipinski definition) is 3. The lowest BCUT2D eigenvalue weighted by molar-refractivity contribution is -0.140. The Balaban J connectivity index is 3.40. The number of carbonyl (C=O) groups excluding carboxylic acids is 2. The highest BCUT2D eigenvalue weighted by molar-refractivity contribution is 5.76. The van der Waals surface area contributed by atoms with E-state index in [1.165, 1.54) is 7.11 Å². The van der Waals surface area contributed by atoms with Crippen molar-refractivity contribution in [2.45, 2.75) is 52.9 Å². The number of nitrogens with one attached hydrogen (secondary N) is 1. The van der Waals surface area contributed by atoms with Crippen LogP contribution in [0.25, 0.3) is 0 Å². The Bertz CT molecular complexity index is 244. The summed E-state index contributed by atoms with van der Waals surface area (Å²) in [6, 6.07) is 0. The second-order valence-corrected chi connectivity index (χ2v) is 5.47. The van der Waals surface area contributed by atoms with Crippen molar-refractivity contribution in [1.82, 2.24) is 5.32 Å². The molecule has 0 spiro atoms. The maximum Gasteiger partial charge on any atom is 0.305 e. The highest BCUT2D eigenvalue weighted by atomic mass is 16.5. The lowest BCUT2D eigenvalue weighted by Gasteiger charge is -2.17. The van der Waals surface area contributed by atoms with Gasteiger partial charge >= 0.3 is 5.97 Å². The molecular weight excluding hydrogens is 218 g/mol. The quantitative estimate of drug-likeness (QED) is 0.551. The van der Waals surface area contributed by atoms with Gasteiger partial charge in [0.25, 0.3) is 0 Å². The molecular formula is C13H25NO3. The third-order valence-electron chi connectivity index (χ3n) is 2.30. The molecule has 0 aromatic carbocycles. The van der Waals surface area contributed by atoms with Gasteiger partial charge in [-0.3, -0.25) is 9.59 Å². The van der Waals surface area contributed by atoms with Crippen LogP contribution in [0.1, 0.15) is 52.9 Å². The van der Waals surface area contributed by atoms with Crippen molar-refractivity contribution in [2.24, 2.45) is 5.41 Å². The number of unbranched alkanes of at least 4 members (excludes halogenated alkanes) is 2. The Morgan fingerprint density at radius 1 is 1.12 bits per heavy atom. The first-order chi connectivity index (χ1) is 7.85. The highest BCUT2D eigenvalue weighted by Gasteiger charge is 2.15. The van der Waals surface area contributed by atoms with E-state index in [1.54, 1.807) is 0 Å². The van der Waals surface area contributed by atoms with Crippen LogP contribution in [-0.4, -0.2) is 25.5 Å². The maximum atomic E-state index is 11.5. The highest BCUT2D eigenvalue weighted by Crippen LogP contribution is 2.17. The first kappa shape index (κ1) is 15.9. The Labute approximate surface area is 104 Å². The minimum absolute atomic E-state index is 0.0367. The first-order valence-electron chi connectivity index (χ1n) is 6.18. The van der Waals surface area contributed by atoms with Crippen molar-refractivity contribution in [1.29, 1.82) is 0 Å². The normalized spacial score (nSPS) is 11.1. The SMILES string of the molecule is COC(=O)CCCCCNC(=O)CC(C)(C)C. The van der Waals surface area contributed by atoms with Crippen molar-refractivity contribution < 1.29 is 14.3 Å². The van der Waals surface area contributed by atoms with E-state index in [0.29, 0.717) is 19.4 Å². The lowest BCUT2D eigenvalue weighted by Crippen LogP contribution is -2.28. The van der Waals surface area contributed by atoms with Gasteiger partial charge in [-0.25, -0.2) is 0 Å². The van der Waals surface area contributed by atoms with Crippen LogP contribution in [0.5, 0.6) is 0 Å². The van der Waals surface area contributed by atoms with Crippen LogP contribution in [0.15, 0.2) is 0 Å². The van der Waals surface area contributed by atoms with E-state index in [0.717, 1.165) is 19.3 Å². The Morgan fingerprint density at radius 3 is 2.29 bits per heavy atom. The second-order valence-electron chi connectivity index (χ2n) is 5.47. The molecule has 0 unspecified atom stereocenters. The fourth-order valence-corrected chi connectivity index (χ4v) is 1.45. The monoisotopic (exact) mass is 243 g/mol. The summed E-state index contributed by atoms with van der Waals surface area (Å²) in [7, 11) is 1.40. The molecule has 4 heteroatoms. The van der Waals surface area contributed by atoms with Gasteiger partial charge in [-0.2, -0.15) is 0 Å². The average Bonchev–Trinajstić information content (AvgIpc) is 2.20. The summed E-state index contributed by atoms with van der Waals surface area (Å²) < 4.78 is 4.54. The standard InChI is InChI=1S/C13H25NO3/c1-13(2,3)10-11(15)14-9-7-5-6-8-12(16)17-4/h5-10H2,1-4H3,(H,14,15). The fraction of sp³-hybridized carbons (Fsp3) is 0.846. The molecule has 0 saturated heterocycles. The molecule has 0 atom stereocenters. The number of hydrogen-bond donors (Lipinski definition) is 1. The molecule has 0 heterocycles. The van der Waals surface area contributed by atoms with Crippen molar-refractivity contribution in [3.8, 4) is 0 Å². The Morgan fingerprint density at radius 2 is 1.76 bits per heavy atom. The molecule has 0 saturated carbocycles. The zero-order valence-corrected chi connectivity index (χ0v) is 11.5. The average molecular weight is 243 g/mol. The van der Waals surface area contributed by atoms with Gasteiger partial charge in [0.05, 0.1) is 7.11 Å². The molecule has 4 nitrogen and oxygen atoms in total. The predicted octanol–water partition coefficient (Wildman–Crippen LogP) is 2.27. The van der Waals surface area contributed by atoms with Gasteiger partial charge in [-0.05, 0) is 18.3 Å². The number of carbonyl (C=O) groups is 2. The molecule has 0 rings (SSSR count). The molecule has 17 heavy (non-hydrogen) atoms. The van der Waals surface area contributed by atoms with Gasteiger partial charge in [0.1, 0.15) is 0 Å². The molecule has 1 amide bonds. The van der Waals surface area contributed by atoms with E-state index in [-0.39, 0.29) is 17.3 Å². The molecule has 0 aliphatic heterocycles. The molecule has 0 aromatic rings. The zero-order valence-electron chi connectivity index (χ0n) is 11.5. The van der Waals surface area contributed by atoms with E-state index >= 15 is 0 Å². The third kappa shape index (κ3) is 11.2. The van der Waals surface area contributed by atoms with Crippen molar-refractivity contribution >= 4 is 11.9 Å². The number of amides is 1. The molecule has 100 valence electrons. The molecule has 0 bridgehead atoms. The minimum Gasteiger partial charge on any atom is -0.469 e. The van der Waals surface area contributed by atoms with Crippen LogP contribution in [0, 0.1) is 5.41 Å².